The van der Waals surface area contributed by atoms with Crippen LogP contribution >= 0.6 is 11.3 Å². The molecule has 4 N–H and O–H groups in total. The maximum absolute atomic E-state index is 12.3. The van der Waals surface area contributed by atoms with E-state index in [1.807, 2.05) is 12.1 Å². The number of carbonyl (C=O) groups excluding carboxylic acids is 2. The lowest BCUT2D eigenvalue weighted by Gasteiger charge is -2.08. The smallest absolute Gasteiger partial charge is 0.243 e. The van der Waals surface area contributed by atoms with Crippen molar-refractivity contribution in [2.24, 2.45) is 0 Å². The van der Waals surface area contributed by atoms with E-state index >= 15 is 0 Å². The predicted molar refractivity (Wildman–Crippen MR) is 123 cm³/mol. The van der Waals surface area contributed by atoms with E-state index in [1.54, 1.807) is 5.48 Å². The molecule has 3 aromatic rings. The number of carbonyl (C=O) groups is 2. The molecule has 0 saturated heterocycles. The Labute approximate surface area is 185 Å². The second kappa shape index (κ2) is 10.8. The number of anilines is 3. The third kappa shape index (κ3) is 6.47. The highest BCUT2D eigenvalue weighted by molar-refractivity contribution is 7.22. The van der Waals surface area contributed by atoms with Gasteiger partial charge in [0.25, 0.3) is 0 Å². The highest BCUT2D eigenvalue weighted by Gasteiger charge is 2.11. The molecule has 0 aliphatic heterocycles. The summed E-state index contributed by atoms with van der Waals surface area (Å²) in [7, 11) is 0. The molecule has 0 saturated carbocycles. The summed E-state index contributed by atoms with van der Waals surface area (Å²) < 4.78 is 0. The molecule has 2 heterocycles. The van der Waals surface area contributed by atoms with Crippen molar-refractivity contribution in [2.45, 2.75) is 52.4 Å². The van der Waals surface area contributed by atoms with Crippen molar-refractivity contribution >= 4 is 49.9 Å². The molecule has 0 fully saturated rings. The van der Waals surface area contributed by atoms with Gasteiger partial charge in [0.2, 0.25) is 11.8 Å². The van der Waals surface area contributed by atoms with E-state index in [-0.39, 0.29) is 11.8 Å². The van der Waals surface area contributed by atoms with E-state index in [1.165, 1.54) is 28.8 Å². The summed E-state index contributed by atoms with van der Waals surface area (Å²) in [5, 5.41) is 16.3. The van der Waals surface area contributed by atoms with Gasteiger partial charge in [-0.25, -0.2) is 15.4 Å². The molecule has 1 aromatic carbocycles. The van der Waals surface area contributed by atoms with Crippen molar-refractivity contribution in [3.8, 4) is 0 Å². The minimum absolute atomic E-state index is 0.0451. The van der Waals surface area contributed by atoms with Gasteiger partial charge in [0.05, 0.1) is 10.4 Å². The first-order valence-corrected chi connectivity index (χ1v) is 11.1. The number of fused-ring (bicyclic) bond motifs is 1. The van der Waals surface area contributed by atoms with Crippen molar-refractivity contribution in [3.05, 3.63) is 41.7 Å². The zero-order chi connectivity index (χ0) is 22.2. The highest BCUT2D eigenvalue weighted by Crippen LogP contribution is 2.33. The van der Waals surface area contributed by atoms with Crippen molar-refractivity contribution in [1.29, 1.82) is 0 Å². The second-order valence-corrected chi connectivity index (χ2v) is 8.50. The molecule has 164 valence electrons. The number of aryl methyl sites for hydroxylation is 2. The quantitative estimate of drug-likeness (QED) is 0.203. The Morgan fingerprint density at radius 2 is 1.71 bits per heavy atom. The van der Waals surface area contributed by atoms with E-state index in [9.17, 15) is 9.59 Å². The first-order valence-electron chi connectivity index (χ1n) is 10.3. The topological polar surface area (TPSA) is 116 Å². The normalized spacial score (nSPS) is 10.8. The fraction of sp³-hybridized carbons (Fsp3) is 0.364. The Balaban J connectivity index is 1.55. The van der Waals surface area contributed by atoms with Crippen molar-refractivity contribution in [1.82, 2.24) is 15.4 Å². The van der Waals surface area contributed by atoms with Gasteiger partial charge >= 0.3 is 0 Å². The average molecular weight is 442 g/mol. The molecule has 0 unspecified atom stereocenters. The van der Waals surface area contributed by atoms with Crippen LogP contribution in [0.3, 0.4) is 0 Å². The lowest BCUT2D eigenvalue weighted by molar-refractivity contribution is -0.129. The minimum Gasteiger partial charge on any atom is -0.340 e. The molecule has 0 spiro atoms. The largest absolute Gasteiger partial charge is 0.340 e. The van der Waals surface area contributed by atoms with E-state index in [2.05, 4.69) is 46.6 Å². The van der Waals surface area contributed by atoms with Gasteiger partial charge in [0.1, 0.15) is 17.0 Å². The molecule has 8 nitrogen and oxygen atoms in total. The average Bonchev–Trinajstić information content (AvgIpc) is 3.16. The maximum atomic E-state index is 12.3. The number of unbranched alkanes of at least 4 members (excludes halogenated alkanes) is 3. The van der Waals surface area contributed by atoms with Gasteiger partial charge in [-0.3, -0.25) is 14.8 Å². The molecule has 9 heteroatoms. The molecular weight excluding hydrogens is 414 g/mol. The monoisotopic (exact) mass is 441 g/mol. The summed E-state index contributed by atoms with van der Waals surface area (Å²) >= 11 is 1.42. The first kappa shape index (κ1) is 22.6. The molecule has 0 aliphatic carbocycles. The van der Waals surface area contributed by atoms with Gasteiger partial charge < -0.3 is 10.6 Å². The second-order valence-electron chi connectivity index (χ2n) is 7.47. The molecule has 2 aromatic heterocycles. The van der Waals surface area contributed by atoms with Crippen LogP contribution in [-0.4, -0.2) is 27.0 Å². The van der Waals surface area contributed by atoms with Crippen LogP contribution in [0.5, 0.6) is 0 Å². The summed E-state index contributed by atoms with van der Waals surface area (Å²) in [5.41, 5.74) is 5.00. The van der Waals surface area contributed by atoms with E-state index < -0.39 is 0 Å². The Morgan fingerprint density at radius 1 is 0.968 bits per heavy atom. The van der Waals surface area contributed by atoms with Crippen LogP contribution in [0, 0.1) is 13.8 Å². The molecule has 0 bridgehead atoms. The van der Waals surface area contributed by atoms with Gasteiger partial charge in [0, 0.05) is 18.5 Å². The summed E-state index contributed by atoms with van der Waals surface area (Å²) in [4.78, 5) is 32.7. The summed E-state index contributed by atoms with van der Waals surface area (Å²) in [6.45, 7) is 4.14. The predicted octanol–water partition coefficient (Wildman–Crippen LogP) is 4.84. The van der Waals surface area contributed by atoms with Gasteiger partial charge in [-0.15, -0.1) is 0 Å². The molecule has 0 atom stereocenters. The Bertz CT molecular complexity index is 1070. The minimum atomic E-state index is -0.378. The third-order valence-corrected chi connectivity index (χ3v) is 6.00. The van der Waals surface area contributed by atoms with E-state index in [0.717, 1.165) is 40.2 Å². The molecule has 3 rings (SSSR count). The molecule has 0 radical (unpaired) electrons. The molecule has 2 amide bonds. The lowest BCUT2D eigenvalue weighted by atomic mass is 10.1. The number of rotatable bonds is 10. The Hall–Kier alpha value is -3.04. The number of hydrogen-bond acceptors (Lipinski definition) is 7. The fourth-order valence-electron chi connectivity index (χ4n) is 3.15. The SMILES string of the molecule is Cc1ccc(Nc2ncnc3sc(NC(=O)CCCCCCC(=O)NO)cc23)cc1C. The molecule has 0 aliphatic rings. The van der Waals surface area contributed by atoms with Gasteiger partial charge in [-0.1, -0.05) is 30.2 Å². The van der Waals surface area contributed by atoms with Crippen molar-refractivity contribution in [3.63, 3.8) is 0 Å². The zero-order valence-corrected chi connectivity index (χ0v) is 18.5. The zero-order valence-electron chi connectivity index (χ0n) is 17.7. The van der Waals surface area contributed by atoms with Crippen molar-refractivity contribution < 1.29 is 14.8 Å². The highest BCUT2D eigenvalue weighted by atomic mass is 32.1. The van der Waals surface area contributed by atoms with Crippen LogP contribution in [0.15, 0.2) is 30.6 Å². The number of hydroxylamine groups is 1. The third-order valence-electron chi connectivity index (χ3n) is 5.04. The van der Waals surface area contributed by atoms with E-state index in [0.29, 0.717) is 25.1 Å². The summed E-state index contributed by atoms with van der Waals surface area (Å²) in [5.74, 6) is 0.283. The van der Waals surface area contributed by atoms with Crippen LogP contribution in [0.2, 0.25) is 0 Å². The van der Waals surface area contributed by atoms with Gasteiger partial charge in [-0.05, 0) is 56.0 Å². The van der Waals surface area contributed by atoms with Crippen LogP contribution < -0.4 is 16.1 Å². The number of nitrogens with one attached hydrogen (secondary N) is 3. The number of nitrogens with zero attached hydrogens (tertiary/aromatic N) is 2. The standard InChI is InChI=1S/C22H27N5O3S/c1-14-9-10-16(11-15(14)2)25-21-17-12-20(31-22(17)24-13-23-21)26-18(28)7-5-3-4-6-8-19(29)27-30/h9-13,30H,3-8H2,1-2H3,(H,26,28)(H,27,29)(H,23,24,25). The number of hydrogen-bond donors (Lipinski definition) is 4. The van der Waals surface area contributed by atoms with Crippen LogP contribution in [-0.2, 0) is 9.59 Å². The Kier molecular flexibility index (Phi) is 7.91. The molecule has 31 heavy (non-hydrogen) atoms. The first-order chi connectivity index (χ1) is 15.0. The maximum Gasteiger partial charge on any atom is 0.243 e. The van der Waals surface area contributed by atoms with Crippen molar-refractivity contribution in [2.75, 3.05) is 10.6 Å². The van der Waals surface area contributed by atoms with Crippen LogP contribution in [0.25, 0.3) is 10.2 Å². The summed E-state index contributed by atoms with van der Waals surface area (Å²) in [6.07, 6.45) is 5.37. The fourth-order valence-corrected chi connectivity index (χ4v) is 4.07. The lowest BCUT2D eigenvalue weighted by Crippen LogP contribution is -2.17. The number of aromatic nitrogens is 2. The molecular formula is C22H27N5O3S. The number of thiophene rings is 1. The van der Waals surface area contributed by atoms with E-state index in [4.69, 9.17) is 5.21 Å². The number of amides is 2. The van der Waals surface area contributed by atoms with Crippen LogP contribution in [0.1, 0.15) is 49.7 Å². The number of benzene rings is 1. The Morgan fingerprint density at radius 3 is 2.42 bits per heavy atom. The van der Waals surface area contributed by atoms with Crippen LogP contribution in [0.4, 0.5) is 16.5 Å². The van der Waals surface area contributed by atoms with Gasteiger partial charge in [-0.2, -0.15) is 0 Å². The summed E-state index contributed by atoms with van der Waals surface area (Å²) in [6, 6.07) is 8.06. The van der Waals surface area contributed by atoms with Gasteiger partial charge in [0.15, 0.2) is 0 Å².